The molecule has 0 radical (unpaired) electrons. The fourth-order valence-corrected chi connectivity index (χ4v) is 1.35. The largest absolute Gasteiger partial charge is 0.481 e. The standard InChI is InChI=1S/C10H14N2O3/c1-6(2)4-7-8(10(13)14)11-5-12-9(7)15-3/h5-6H,4H2,1-3H3,(H,13,14). The molecule has 1 aromatic heterocycles. The minimum Gasteiger partial charge on any atom is -0.481 e. The van der Waals surface area contributed by atoms with Crippen LogP contribution in [0.1, 0.15) is 29.9 Å². The van der Waals surface area contributed by atoms with E-state index in [1.54, 1.807) is 0 Å². The molecule has 0 aromatic carbocycles. The highest BCUT2D eigenvalue weighted by Crippen LogP contribution is 2.21. The third-order valence-electron chi connectivity index (χ3n) is 1.91. The van der Waals surface area contributed by atoms with Gasteiger partial charge in [-0.3, -0.25) is 0 Å². The molecule has 82 valence electrons. The van der Waals surface area contributed by atoms with Crippen LogP contribution >= 0.6 is 0 Å². The molecule has 0 saturated carbocycles. The molecule has 1 aromatic rings. The first-order chi connectivity index (χ1) is 7.06. The Kier molecular flexibility index (Phi) is 3.60. The number of hydrogen-bond acceptors (Lipinski definition) is 4. The first kappa shape index (κ1) is 11.4. The van der Waals surface area contributed by atoms with Crippen molar-refractivity contribution in [2.45, 2.75) is 20.3 Å². The van der Waals surface area contributed by atoms with E-state index in [1.807, 2.05) is 13.8 Å². The van der Waals surface area contributed by atoms with Crippen LogP contribution < -0.4 is 4.74 Å². The van der Waals surface area contributed by atoms with Crippen molar-refractivity contribution in [1.29, 1.82) is 0 Å². The molecule has 0 saturated heterocycles. The number of carboxylic acids is 1. The maximum atomic E-state index is 10.9. The van der Waals surface area contributed by atoms with E-state index in [0.29, 0.717) is 23.8 Å². The van der Waals surface area contributed by atoms with E-state index in [0.717, 1.165) is 0 Å². The quantitative estimate of drug-likeness (QED) is 0.812. The summed E-state index contributed by atoms with van der Waals surface area (Å²) in [6, 6.07) is 0. The average Bonchev–Trinajstić information content (AvgIpc) is 2.16. The fraction of sp³-hybridized carbons (Fsp3) is 0.500. The Morgan fingerprint density at radius 3 is 2.67 bits per heavy atom. The Labute approximate surface area is 88.1 Å². The highest BCUT2D eigenvalue weighted by Gasteiger charge is 2.18. The van der Waals surface area contributed by atoms with Crippen molar-refractivity contribution in [1.82, 2.24) is 9.97 Å². The summed E-state index contributed by atoms with van der Waals surface area (Å²) in [4.78, 5) is 18.6. The number of rotatable bonds is 4. The summed E-state index contributed by atoms with van der Waals surface area (Å²) in [5.41, 5.74) is 0.582. The van der Waals surface area contributed by atoms with Crippen LogP contribution in [0, 0.1) is 5.92 Å². The highest BCUT2D eigenvalue weighted by molar-refractivity contribution is 5.87. The van der Waals surface area contributed by atoms with Crippen molar-refractivity contribution in [3.63, 3.8) is 0 Å². The molecule has 1 N–H and O–H groups in total. The van der Waals surface area contributed by atoms with Crippen molar-refractivity contribution < 1.29 is 14.6 Å². The van der Waals surface area contributed by atoms with E-state index in [2.05, 4.69) is 9.97 Å². The summed E-state index contributed by atoms with van der Waals surface area (Å²) in [6.45, 7) is 4.00. The topological polar surface area (TPSA) is 72.3 Å². The molecule has 15 heavy (non-hydrogen) atoms. The van der Waals surface area contributed by atoms with Crippen LogP contribution in [0.2, 0.25) is 0 Å². The molecular formula is C10H14N2O3. The van der Waals surface area contributed by atoms with Gasteiger partial charge in [-0.1, -0.05) is 13.8 Å². The number of aromatic carboxylic acids is 1. The molecule has 0 aliphatic carbocycles. The molecule has 0 aliphatic rings. The van der Waals surface area contributed by atoms with Gasteiger partial charge < -0.3 is 9.84 Å². The van der Waals surface area contributed by atoms with Crippen LogP contribution in [-0.4, -0.2) is 28.2 Å². The van der Waals surface area contributed by atoms with Crippen LogP contribution in [-0.2, 0) is 6.42 Å². The van der Waals surface area contributed by atoms with E-state index in [1.165, 1.54) is 13.4 Å². The van der Waals surface area contributed by atoms with Crippen molar-refractivity contribution in [2.24, 2.45) is 5.92 Å². The number of ether oxygens (including phenoxy) is 1. The number of methoxy groups -OCH3 is 1. The SMILES string of the molecule is COc1ncnc(C(=O)O)c1CC(C)C. The van der Waals surface area contributed by atoms with Crippen LogP contribution in [0.15, 0.2) is 6.33 Å². The summed E-state index contributed by atoms with van der Waals surface area (Å²) in [7, 11) is 1.47. The van der Waals surface area contributed by atoms with Crippen molar-refractivity contribution >= 4 is 5.97 Å². The lowest BCUT2D eigenvalue weighted by molar-refractivity contribution is 0.0688. The third-order valence-corrected chi connectivity index (χ3v) is 1.91. The summed E-state index contributed by atoms with van der Waals surface area (Å²) in [5.74, 6) is -0.384. The molecule has 5 nitrogen and oxygen atoms in total. The minimum atomic E-state index is -1.05. The average molecular weight is 210 g/mol. The summed E-state index contributed by atoms with van der Waals surface area (Å²) in [6.07, 6.45) is 1.79. The lowest BCUT2D eigenvalue weighted by Crippen LogP contribution is -2.11. The number of aromatic nitrogens is 2. The molecule has 0 unspecified atom stereocenters. The molecular weight excluding hydrogens is 196 g/mol. The molecule has 0 atom stereocenters. The summed E-state index contributed by atoms with van der Waals surface area (Å²) in [5, 5.41) is 8.95. The number of carboxylic acid groups (broad SMARTS) is 1. The first-order valence-corrected chi connectivity index (χ1v) is 4.67. The summed E-state index contributed by atoms with van der Waals surface area (Å²) < 4.78 is 5.02. The van der Waals surface area contributed by atoms with Gasteiger partial charge in [-0.2, -0.15) is 0 Å². The molecule has 1 heterocycles. The lowest BCUT2D eigenvalue weighted by atomic mass is 10.0. The Balaban J connectivity index is 3.20. The smallest absolute Gasteiger partial charge is 0.355 e. The molecule has 1 rings (SSSR count). The van der Waals surface area contributed by atoms with E-state index in [4.69, 9.17) is 9.84 Å². The molecule has 0 spiro atoms. The molecule has 5 heteroatoms. The number of carbonyl (C=O) groups is 1. The maximum absolute atomic E-state index is 10.9. The first-order valence-electron chi connectivity index (χ1n) is 4.67. The van der Waals surface area contributed by atoms with Gasteiger partial charge in [0.15, 0.2) is 5.69 Å². The summed E-state index contributed by atoms with van der Waals surface area (Å²) >= 11 is 0. The predicted molar refractivity (Wildman–Crippen MR) is 54.1 cm³/mol. The van der Waals surface area contributed by atoms with Gasteiger partial charge in [0, 0.05) is 5.56 Å². The van der Waals surface area contributed by atoms with Crippen molar-refractivity contribution in [2.75, 3.05) is 7.11 Å². The molecule has 0 amide bonds. The van der Waals surface area contributed by atoms with Gasteiger partial charge in [-0.05, 0) is 12.3 Å². The zero-order valence-electron chi connectivity index (χ0n) is 9.02. The molecule has 0 bridgehead atoms. The van der Waals surface area contributed by atoms with E-state index in [-0.39, 0.29) is 5.69 Å². The van der Waals surface area contributed by atoms with Crippen LogP contribution in [0.3, 0.4) is 0 Å². The Bertz CT molecular complexity index is 364. The highest BCUT2D eigenvalue weighted by atomic mass is 16.5. The second kappa shape index (κ2) is 4.72. The van der Waals surface area contributed by atoms with Crippen LogP contribution in [0.4, 0.5) is 0 Å². The molecule has 0 aliphatic heterocycles. The van der Waals surface area contributed by atoms with E-state index < -0.39 is 5.97 Å². The number of nitrogens with zero attached hydrogens (tertiary/aromatic N) is 2. The van der Waals surface area contributed by atoms with E-state index in [9.17, 15) is 4.79 Å². The second-order valence-electron chi connectivity index (χ2n) is 3.61. The monoisotopic (exact) mass is 210 g/mol. The van der Waals surface area contributed by atoms with Gasteiger partial charge in [0.1, 0.15) is 6.33 Å². The van der Waals surface area contributed by atoms with Crippen LogP contribution in [0.5, 0.6) is 5.88 Å². The fourth-order valence-electron chi connectivity index (χ4n) is 1.35. The minimum absolute atomic E-state index is 0.0237. The van der Waals surface area contributed by atoms with Crippen LogP contribution in [0.25, 0.3) is 0 Å². The number of hydrogen-bond donors (Lipinski definition) is 1. The van der Waals surface area contributed by atoms with Gasteiger partial charge >= 0.3 is 5.97 Å². The zero-order chi connectivity index (χ0) is 11.4. The Morgan fingerprint density at radius 2 is 2.20 bits per heavy atom. The van der Waals surface area contributed by atoms with Gasteiger partial charge in [-0.25, -0.2) is 14.8 Å². The Morgan fingerprint density at radius 1 is 1.53 bits per heavy atom. The maximum Gasteiger partial charge on any atom is 0.355 e. The van der Waals surface area contributed by atoms with Gasteiger partial charge in [-0.15, -0.1) is 0 Å². The molecule has 0 fully saturated rings. The van der Waals surface area contributed by atoms with Gasteiger partial charge in [0.2, 0.25) is 5.88 Å². The van der Waals surface area contributed by atoms with Gasteiger partial charge in [0.05, 0.1) is 7.11 Å². The third kappa shape index (κ3) is 2.65. The zero-order valence-corrected chi connectivity index (χ0v) is 9.02. The normalized spacial score (nSPS) is 10.4. The van der Waals surface area contributed by atoms with Crippen molar-refractivity contribution in [3.8, 4) is 5.88 Å². The van der Waals surface area contributed by atoms with E-state index >= 15 is 0 Å². The Hall–Kier alpha value is -1.65. The van der Waals surface area contributed by atoms with Crippen molar-refractivity contribution in [3.05, 3.63) is 17.6 Å². The lowest BCUT2D eigenvalue weighted by Gasteiger charge is -2.10. The predicted octanol–water partition coefficient (Wildman–Crippen LogP) is 1.38. The second-order valence-corrected chi connectivity index (χ2v) is 3.61. The van der Waals surface area contributed by atoms with Gasteiger partial charge in [0.25, 0.3) is 0 Å².